The fourth-order valence-electron chi connectivity index (χ4n) is 2.33. The summed E-state index contributed by atoms with van der Waals surface area (Å²) in [6.45, 7) is 8.09. The molecular formula is C12H22ClN3O. The molecule has 1 aliphatic heterocycles. The SMILES string of the molecule is Cc1noc(C)c1CN1CCC(CN)CC1.Cl. The van der Waals surface area contributed by atoms with E-state index in [4.69, 9.17) is 10.3 Å². The van der Waals surface area contributed by atoms with E-state index >= 15 is 0 Å². The molecule has 1 fully saturated rings. The number of rotatable bonds is 3. The van der Waals surface area contributed by atoms with Gasteiger partial charge < -0.3 is 10.3 Å². The average Bonchev–Trinajstić information content (AvgIpc) is 2.62. The Hall–Kier alpha value is -0.580. The molecule has 0 saturated carbocycles. The van der Waals surface area contributed by atoms with E-state index in [1.807, 2.05) is 13.8 Å². The van der Waals surface area contributed by atoms with Crippen LogP contribution in [-0.2, 0) is 6.54 Å². The van der Waals surface area contributed by atoms with Gasteiger partial charge in [-0.2, -0.15) is 0 Å². The molecule has 1 aromatic rings. The van der Waals surface area contributed by atoms with Crippen LogP contribution in [0.2, 0.25) is 0 Å². The van der Waals surface area contributed by atoms with Crippen LogP contribution in [0.4, 0.5) is 0 Å². The summed E-state index contributed by atoms with van der Waals surface area (Å²) in [5.41, 5.74) is 7.97. The average molecular weight is 260 g/mol. The van der Waals surface area contributed by atoms with Gasteiger partial charge in [-0.1, -0.05) is 5.16 Å². The number of piperidine rings is 1. The zero-order valence-electron chi connectivity index (χ0n) is 10.6. The van der Waals surface area contributed by atoms with Crippen LogP contribution in [0.25, 0.3) is 0 Å². The molecule has 0 amide bonds. The van der Waals surface area contributed by atoms with Crippen molar-refractivity contribution in [1.29, 1.82) is 0 Å². The second-order valence-electron chi connectivity index (χ2n) is 4.76. The van der Waals surface area contributed by atoms with E-state index in [1.54, 1.807) is 0 Å². The molecule has 0 spiro atoms. The minimum absolute atomic E-state index is 0. The molecule has 98 valence electrons. The number of likely N-dealkylation sites (tertiary alicyclic amines) is 1. The van der Waals surface area contributed by atoms with Crippen LogP contribution < -0.4 is 5.73 Å². The van der Waals surface area contributed by atoms with Crippen LogP contribution in [0, 0.1) is 19.8 Å². The summed E-state index contributed by atoms with van der Waals surface area (Å²) in [5.74, 6) is 1.68. The monoisotopic (exact) mass is 259 g/mol. The summed E-state index contributed by atoms with van der Waals surface area (Å²) in [5, 5.41) is 3.99. The van der Waals surface area contributed by atoms with E-state index in [0.29, 0.717) is 0 Å². The number of hydrogen-bond donors (Lipinski definition) is 1. The van der Waals surface area contributed by atoms with Gasteiger partial charge in [0, 0.05) is 12.1 Å². The van der Waals surface area contributed by atoms with Crippen molar-refractivity contribution < 1.29 is 4.52 Å². The maximum absolute atomic E-state index is 5.69. The molecular weight excluding hydrogens is 238 g/mol. The van der Waals surface area contributed by atoms with Crippen LogP contribution in [0.1, 0.15) is 29.9 Å². The largest absolute Gasteiger partial charge is 0.361 e. The molecule has 2 heterocycles. The summed E-state index contributed by atoms with van der Waals surface area (Å²) in [7, 11) is 0. The fraction of sp³-hybridized carbons (Fsp3) is 0.750. The van der Waals surface area contributed by atoms with Crippen molar-refractivity contribution in [1.82, 2.24) is 10.1 Å². The summed E-state index contributed by atoms with van der Waals surface area (Å²) in [6, 6.07) is 0. The standard InChI is InChI=1S/C12H21N3O.ClH/c1-9-12(10(2)16-14-9)8-15-5-3-11(7-13)4-6-15;/h11H,3-8,13H2,1-2H3;1H. The predicted octanol–water partition coefficient (Wildman–Crippen LogP) is 1.88. The normalized spacial score (nSPS) is 18.1. The molecule has 2 rings (SSSR count). The van der Waals surface area contributed by atoms with E-state index < -0.39 is 0 Å². The number of nitrogens with zero attached hydrogens (tertiary/aromatic N) is 2. The molecule has 0 bridgehead atoms. The Balaban J connectivity index is 0.00000144. The van der Waals surface area contributed by atoms with E-state index in [2.05, 4.69) is 10.1 Å². The summed E-state index contributed by atoms with van der Waals surface area (Å²) < 4.78 is 5.18. The Morgan fingerprint density at radius 1 is 1.35 bits per heavy atom. The third kappa shape index (κ3) is 3.44. The zero-order chi connectivity index (χ0) is 11.5. The fourth-order valence-corrected chi connectivity index (χ4v) is 2.33. The highest BCUT2D eigenvalue weighted by atomic mass is 35.5. The molecule has 0 atom stereocenters. The third-order valence-corrected chi connectivity index (χ3v) is 3.60. The van der Waals surface area contributed by atoms with Gasteiger partial charge in [0.15, 0.2) is 0 Å². The lowest BCUT2D eigenvalue weighted by Crippen LogP contribution is -2.35. The van der Waals surface area contributed by atoms with Crippen molar-refractivity contribution in [2.45, 2.75) is 33.2 Å². The summed E-state index contributed by atoms with van der Waals surface area (Å²) >= 11 is 0. The Morgan fingerprint density at radius 2 is 2.00 bits per heavy atom. The molecule has 4 nitrogen and oxygen atoms in total. The van der Waals surface area contributed by atoms with Gasteiger partial charge in [-0.3, -0.25) is 4.90 Å². The second-order valence-corrected chi connectivity index (χ2v) is 4.76. The van der Waals surface area contributed by atoms with E-state index in [-0.39, 0.29) is 12.4 Å². The Labute approximate surface area is 109 Å². The van der Waals surface area contributed by atoms with Crippen molar-refractivity contribution >= 4 is 12.4 Å². The van der Waals surface area contributed by atoms with Gasteiger partial charge in [0.1, 0.15) is 5.76 Å². The van der Waals surface area contributed by atoms with E-state index in [9.17, 15) is 0 Å². The van der Waals surface area contributed by atoms with Gasteiger partial charge in [0.25, 0.3) is 0 Å². The molecule has 0 aliphatic carbocycles. The highest BCUT2D eigenvalue weighted by molar-refractivity contribution is 5.85. The first-order valence-corrected chi connectivity index (χ1v) is 6.05. The van der Waals surface area contributed by atoms with E-state index in [0.717, 1.165) is 43.6 Å². The third-order valence-electron chi connectivity index (χ3n) is 3.60. The van der Waals surface area contributed by atoms with Crippen LogP contribution in [0.15, 0.2) is 4.52 Å². The highest BCUT2D eigenvalue weighted by Crippen LogP contribution is 2.20. The van der Waals surface area contributed by atoms with Crippen molar-refractivity contribution in [3.63, 3.8) is 0 Å². The van der Waals surface area contributed by atoms with Gasteiger partial charge in [-0.25, -0.2) is 0 Å². The molecule has 0 unspecified atom stereocenters. The first kappa shape index (κ1) is 14.5. The van der Waals surface area contributed by atoms with Crippen LogP contribution in [0.5, 0.6) is 0 Å². The highest BCUT2D eigenvalue weighted by Gasteiger charge is 2.20. The van der Waals surface area contributed by atoms with E-state index in [1.165, 1.54) is 18.4 Å². The van der Waals surface area contributed by atoms with Gasteiger partial charge in [0.2, 0.25) is 0 Å². The first-order chi connectivity index (χ1) is 7.70. The molecule has 2 N–H and O–H groups in total. The van der Waals surface area contributed by atoms with Crippen molar-refractivity contribution in [2.75, 3.05) is 19.6 Å². The van der Waals surface area contributed by atoms with Crippen LogP contribution in [-0.4, -0.2) is 29.7 Å². The van der Waals surface area contributed by atoms with Gasteiger partial charge in [0.05, 0.1) is 5.69 Å². The lowest BCUT2D eigenvalue weighted by molar-refractivity contribution is 0.179. The molecule has 1 saturated heterocycles. The summed E-state index contributed by atoms with van der Waals surface area (Å²) in [6.07, 6.45) is 2.44. The smallest absolute Gasteiger partial charge is 0.138 e. The topological polar surface area (TPSA) is 55.3 Å². The molecule has 5 heteroatoms. The number of halogens is 1. The first-order valence-electron chi connectivity index (χ1n) is 6.05. The van der Waals surface area contributed by atoms with Crippen molar-refractivity contribution in [2.24, 2.45) is 11.7 Å². The van der Waals surface area contributed by atoms with Crippen molar-refractivity contribution in [3.05, 3.63) is 17.0 Å². The molecule has 0 aromatic carbocycles. The predicted molar refractivity (Wildman–Crippen MR) is 70.3 cm³/mol. The Kier molecular flexibility index (Phi) is 5.43. The lowest BCUT2D eigenvalue weighted by atomic mass is 9.97. The molecule has 0 radical (unpaired) electrons. The zero-order valence-corrected chi connectivity index (χ0v) is 11.4. The molecule has 17 heavy (non-hydrogen) atoms. The second kappa shape index (κ2) is 6.38. The Bertz CT molecular complexity index is 326. The minimum Gasteiger partial charge on any atom is -0.361 e. The van der Waals surface area contributed by atoms with Crippen LogP contribution in [0.3, 0.4) is 0 Å². The van der Waals surface area contributed by atoms with Gasteiger partial charge in [-0.05, 0) is 52.2 Å². The quantitative estimate of drug-likeness (QED) is 0.901. The number of aromatic nitrogens is 1. The number of nitrogens with two attached hydrogens (primary N) is 1. The maximum Gasteiger partial charge on any atom is 0.138 e. The minimum atomic E-state index is 0. The Morgan fingerprint density at radius 3 is 2.47 bits per heavy atom. The van der Waals surface area contributed by atoms with Crippen molar-refractivity contribution in [3.8, 4) is 0 Å². The van der Waals surface area contributed by atoms with Gasteiger partial charge >= 0.3 is 0 Å². The number of hydrogen-bond acceptors (Lipinski definition) is 4. The maximum atomic E-state index is 5.69. The molecule has 1 aromatic heterocycles. The summed E-state index contributed by atoms with van der Waals surface area (Å²) in [4.78, 5) is 2.47. The van der Waals surface area contributed by atoms with Crippen LogP contribution >= 0.6 is 12.4 Å². The number of aryl methyl sites for hydroxylation is 2. The molecule has 1 aliphatic rings. The van der Waals surface area contributed by atoms with Gasteiger partial charge in [-0.15, -0.1) is 12.4 Å². The lowest BCUT2D eigenvalue weighted by Gasteiger charge is -2.31.